The number of hydrogen-bond donors (Lipinski definition) is 0. The van der Waals surface area contributed by atoms with Crippen LogP contribution in [0.4, 0.5) is 5.82 Å². The molecule has 0 bridgehead atoms. The van der Waals surface area contributed by atoms with Crippen LogP contribution in [0.15, 0.2) is 36.7 Å². The monoisotopic (exact) mass is 539 g/mol. The summed E-state index contributed by atoms with van der Waals surface area (Å²) in [5.74, 6) is 2.94. The van der Waals surface area contributed by atoms with Gasteiger partial charge in [-0.1, -0.05) is 24.3 Å². The van der Waals surface area contributed by atoms with E-state index in [9.17, 15) is 0 Å². The zero-order valence-electron chi connectivity index (χ0n) is 24.7. The summed E-state index contributed by atoms with van der Waals surface area (Å²) < 4.78 is 1.88. The summed E-state index contributed by atoms with van der Waals surface area (Å²) >= 11 is 0. The number of fused-ring (bicyclic) bond motifs is 1. The smallest absolute Gasteiger partial charge is 0.252 e. The Morgan fingerprint density at radius 1 is 0.900 bits per heavy atom. The molecule has 9 heteroatoms. The Balaban J connectivity index is 1.07. The molecule has 3 atom stereocenters. The minimum Gasteiger partial charge on any atom is -0.355 e. The lowest BCUT2D eigenvalue weighted by Crippen LogP contribution is -2.54. The molecule has 0 N–H and O–H groups in total. The van der Waals surface area contributed by atoms with Gasteiger partial charge in [0.1, 0.15) is 11.6 Å². The summed E-state index contributed by atoms with van der Waals surface area (Å²) in [5.41, 5.74) is 6.86. The fourth-order valence-electron chi connectivity index (χ4n) is 6.42. The second-order valence-electron chi connectivity index (χ2n) is 12.0. The molecule has 1 unspecified atom stereocenters. The van der Waals surface area contributed by atoms with E-state index < -0.39 is 0 Å². The van der Waals surface area contributed by atoms with Crippen LogP contribution in [0.3, 0.4) is 0 Å². The number of anilines is 1. The number of rotatable bonds is 6. The highest BCUT2D eigenvalue weighted by atomic mass is 15.3. The van der Waals surface area contributed by atoms with Crippen LogP contribution in [0.2, 0.25) is 0 Å². The maximum Gasteiger partial charge on any atom is 0.252 e. The molecule has 210 valence electrons. The van der Waals surface area contributed by atoms with Gasteiger partial charge in [-0.2, -0.15) is 10.1 Å². The minimum atomic E-state index is 0.543. The van der Waals surface area contributed by atoms with Crippen molar-refractivity contribution in [2.24, 2.45) is 5.92 Å². The summed E-state index contributed by atoms with van der Waals surface area (Å²) in [6.45, 7) is 15.9. The molecule has 40 heavy (non-hydrogen) atoms. The maximum absolute atomic E-state index is 4.81. The lowest BCUT2D eigenvalue weighted by molar-refractivity contribution is 0.0556. The molecule has 6 rings (SSSR count). The lowest BCUT2D eigenvalue weighted by atomic mass is 9.96. The van der Waals surface area contributed by atoms with Crippen LogP contribution in [0, 0.1) is 26.7 Å². The Labute approximate surface area is 237 Å². The molecular formula is C31H41N9. The first-order valence-electron chi connectivity index (χ1n) is 14.5. The van der Waals surface area contributed by atoms with Crippen molar-refractivity contribution in [3.8, 4) is 11.3 Å². The second-order valence-corrected chi connectivity index (χ2v) is 12.0. The molecule has 3 aromatic heterocycles. The number of aryl methyl sites for hydroxylation is 3. The molecule has 0 spiro atoms. The van der Waals surface area contributed by atoms with Gasteiger partial charge in [-0.15, -0.1) is 0 Å². The second kappa shape index (κ2) is 10.9. The molecular weight excluding hydrogens is 498 g/mol. The van der Waals surface area contributed by atoms with Crippen LogP contribution >= 0.6 is 0 Å². The van der Waals surface area contributed by atoms with E-state index in [1.165, 1.54) is 11.1 Å². The van der Waals surface area contributed by atoms with Crippen LogP contribution in [-0.2, 0) is 13.0 Å². The van der Waals surface area contributed by atoms with Gasteiger partial charge < -0.3 is 4.90 Å². The van der Waals surface area contributed by atoms with E-state index in [-0.39, 0.29) is 0 Å². The fourth-order valence-corrected chi connectivity index (χ4v) is 6.42. The Hall–Kier alpha value is -3.43. The molecule has 2 aliphatic heterocycles. The van der Waals surface area contributed by atoms with E-state index >= 15 is 0 Å². The SMILES string of the molecule is Cc1nc2nc(C)c(CC3CCN(c4cnc(-c5ccc(CN6C[C@@H](C)N(C)[C@@H](C)C6)cc5)cn4)C3)c(C)n2n1. The highest BCUT2D eigenvalue weighted by Gasteiger charge is 2.27. The zero-order chi connectivity index (χ0) is 28.0. The number of hydrogen-bond acceptors (Lipinski definition) is 8. The predicted molar refractivity (Wildman–Crippen MR) is 158 cm³/mol. The van der Waals surface area contributed by atoms with Gasteiger partial charge in [-0.05, 0) is 71.6 Å². The first-order valence-corrected chi connectivity index (χ1v) is 14.5. The molecule has 0 amide bonds. The molecule has 2 aliphatic rings. The van der Waals surface area contributed by atoms with Crippen molar-refractivity contribution in [2.75, 3.05) is 38.1 Å². The average Bonchev–Trinajstić information content (AvgIpc) is 3.56. The highest BCUT2D eigenvalue weighted by Crippen LogP contribution is 2.28. The molecule has 0 radical (unpaired) electrons. The van der Waals surface area contributed by atoms with Crippen molar-refractivity contribution in [2.45, 2.75) is 66.1 Å². The number of piperazine rings is 1. The first-order chi connectivity index (χ1) is 19.2. The van der Waals surface area contributed by atoms with E-state index in [1.807, 2.05) is 23.8 Å². The fraction of sp³-hybridized carbons (Fsp3) is 0.516. The molecule has 9 nitrogen and oxygen atoms in total. The van der Waals surface area contributed by atoms with Gasteiger partial charge in [0.25, 0.3) is 5.78 Å². The Morgan fingerprint density at radius 3 is 2.35 bits per heavy atom. The Bertz CT molecular complexity index is 1470. The van der Waals surface area contributed by atoms with Crippen molar-refractivity contribution < 1.29 is 0 Å². The summed E-state index contributed by atoms with van der Waals surface area (Å²) in [6.07, 6.45) is 5.96. The van der Waals surface area contributed by atoms with Crippen molar-refractivity contribution in [3.63, 3.8) is 0 Å². The van der Waals surface area contributed by atoms with E-state index in [2.05, 4.69) is 83.8 Å². The van der Waals surface area contributed by atoms with Crippen LogP contribution < -0.4 is 4.90 Å². The van der Waals surface area contributed by atoms with Gasteiger partial charge in [0.2, 0.25) is 0 Å². The number of aromatic nitrogens is 6. The molecule has 2 saturated heterocycles. The summed E-state index contributed by atoms with van der Waals surface area (Å²) in [4.78, 5) is 26.2. The van der Waals surface area contributed by atoms with Gasteiger partial charge in [0, 0.05) is 61.8 Å². The third-order valence-electron chi connectivity index (χ3n) is 8.99. The lowest BCUT2D eigenvalue weighted by Gasteiger charge is -2.42. The third-order valence-corrected chi connectivity index (χ3v) is 8.99. The predicted octanol–water partition coefficient (Wildman–Crippen LogP) is 4.10. The quantitative estimate of drug-likeness (QED) is 0.363. The van der Waals surface area contributed by atoms with Crippen LogP contribution in [0.5, 0.6) is 0 Å². The van der Waals surface area contributed by atoms with Crippen LogP contribution in [0.1, 0.15) is 48.6 Å². The van der Waals surface area contributed by atoms with Crippen LogP contribution in [-0.4, -0.2) is 84.7 Å². The van der Waals surface area contributed by atoms with Crippen molar-refractivity contribution in [3.05, 3.63) is 65.0 Å². The Morgan fingerprint density at radius 2 is 1.65 bits per heavy atom. The number of benzene rings is 1. The highest BCUT2D eigenvalue weighted by molar-refractivity contribution is 5.59. The van der Waals surface area contributed by atoms with Gasteiger partial charge in [0.05, 0.1) is 18.1 Å². The molecule has 0 saturated carbocycles. The summed E-state index contributed by atoms with van der Waals surface area (Å²) in [5, 5.41) is 4.53. The first kappa shape index (κ1) is 26.8. The average molecular weight is 540 g/mol. The third kappa shape index (κ3) is 5.32. The Kier molecular flexibility index (Phi) is 7.27. The molecule has 5 heterocycles. The van der Waals surface area contributed by atoms with E-state index in [4.69, 9.17) is 15.0 Å². The van der Waals surface area contributed by atoms with Gasteiger partial charge in [-0.25, -0.2) is 14.5 Å². The number of nitrogens with zero attached hydrogens (tertiary/aromatic N) is 9. The zero-order valence-corrected chi connectivity index (χ0v) is 24.7. The van der Waals surface area contributed by atoms with Crippen LogP contribution in [0.25, 0.3) is 17.0 Å². The number of likely N-dealkylation sites (N-methyl/N-ethyl adjacent to an activating group) is 1. The van der Waals surface area contributed by atoms with Crippen molar-refractivity contribution >= 4 is 11.6 Å². The minimum absolute atomic E-state index is 0.543. The molecule has 4 aromatic rings. The normalized spacial score (nSPS) is 22.4. The van der Waals surface area contributed by atoms with E-state index in [1.54, 1.807) is 0 Å². The summed E-state index contributed by atoms with van der Waals surface area (Å²) in [7, 11) is 2.23. The van der Waals surface area contributed by atoms with E-state index in [0.717, 1.165) is 79.9 Å². The van der Waals surface area contributed by atoms with Gasteiger partial charge >= 0.3 is 0 Å². The topological polar surface area (TPSA) is 78.6 Å². The van der Waals surface area contributed by atoms with Crippen molar-refractivity contribution in [1.29, 1.82) is 0 Å². The maximum atomic E-state index is 4.81. The van der Waals surface area contributed by atoms with Gasteiger partial charge in [-0.3, -0.25) is 14.8 Å². The molecule has 0 aliphatic carbocycles. The molecule has 2 fully saturated rings. The standard InChI is InChI=1S/C31H41N9/c1-20-16-38(17-21(2)37(20)6)18-25-7-9-27(10-8-25)29-14-33-30(15-32-29)39-12-11-26(19-39)13-28-22(3)34-31-35-24(5)36-40(31)23(28)4/h7-10,14-15,20-21,26H,11-13,16-19H2,1-6H3/t20-,21+,26?. The van der Waals surface area contributed by atoms with Gasteiger partial charge in [0.15, 0.2) is 0 Å². The summed E-state index contributed by atoms with van der Waals surface area (Å²) in [6, 6.07) is 10.0. The largest absolute Gasteiger partial charge is 0.355 e. The molecule has 1 aromatic carbocycles. The van der Waals surface area contributed by atoms with E-state index in [0.29, 0.717) is 23.8 Å². The van der Waals surface area contributed by atoms with Crippen molar-refractivity contribution in [1.82, 2.24) is 39.3 Å².